The maximum Gasteiger partial charge on any atom is 0.406 e. The molecule has 6 heteroatoms. The first-order chi connectivity index (χ1) is 7.70. The number of carbonyl (C=O) groups is 1. The van der Waals surface area contributed by atoms with Gasteiger partial charge >= 0.3 is 6.18 Å². The third-order valence-electron chi connectivity index (χ3n) is 2.20. The second-order valence-electron chi connectivity index (χ2n) is 3.78. The van der Waals surface area contributed by atoms with Crippen molar-refractivity contribution in [1.29, 1.82) is 0 Å². The first-order valence-electron chi connectivity index (χ1n) is 4.82. The van der Waals surface area contributed by atoms with Crippen LogP contribution in [-0.4, -0.2) is 30.6 Å². The lowest BCUT2D eigenvalue weighted by Crippen LogP contribution is -2.36. The van der Waals surface area contributed by atoms with Gasteiger partial charge in [-0.3, -0.25) is 4.79 Å². The Labute approximate surface area is 103 Å². The van der Waals surface area contributed by atoms with Gasteiger partial charge in [0.25, 0.3) is 5.91 Å². The van der Waals surface area contributed by atoms with Gasteiger partial charge in [-0.05, 0) is 30.7 Å². The van der Waals surface area contributed by atoms with Gasteiger partial charge in [0, 0.05) is 17.5 Å². The van der Waals surface area contributed by atoms with Crippen molar-refractivity contribution in [3.8, 4) is 0 Å². The van der Waals surface area contributed by atoms with Crippen LogP contribution in [-0.2, 0) is 0 Å². The largest absolute Gasteiger partial charge is 0.406 e. The summed E-state index contributed by atoms with van der Waals surface area (Å²) < 4.78 is 36.4. The fraction of sp³-hybridized carbons (Fsp3) is 0.364. The van der Waals surface area contributed by atoms with Crippen molar-refractivity contribution in [2.75, 3.05) is 13.6 Å². The standard InChI is InChI=1S/C11H12F3NOS/c1-7-5-8(17)3-4-9(7)10(16)15(2)6-11(12,13)14/h3-5,17H,6H2,1-2H3. The number of halogens is 3. The Bertz CT molecular complexity index is 431. The Balaban J connectivity index is 2.89. The van der Waals surface area contributed by atoms with Crippen molar-refractivity contribution in [2.24, 2.45) is 0 Å². The molecule has 0 aliphatic rings. The van der Waals surface area contributed by atoms with E-state index in [4.69, 9.17) is 0 Å². The van der Waals surface area contributed by atoms with Gasteiger partial charge in [0.05, 0.1) is 0 Å². The molecule has 0 N–H and O–H groups in total. The molecule has 0 fully saturated rings. The van der Waals surface area contributed by atoms with E-state index in [2.05, 4.69) is 12.6 Å². The van der Waals surface area contributed by atoms with Crippen LogP contribution in [0.3, 0.4) is 0 Å². The molecular weight excluding hydrogens is 251 g/mol. The molecule has 17 heavy (non-hydrogen) atoms. The van der Waals surface area contributed by atoms with Gasteiger partial charge in [-0.25, -0.2) is 0 Å². The lowest BCUT2D eigenvalue weighted by Gasteiger charge is -2.19. The summed E-state index contributed by atoms with van der Waals surface area (Å²) in [5, 5.41) is 0. The van der Waals surface area contributed by atoms with E-state index in [9.17, 15) is 18.0 Å². The van der Waals surface area contributed by atoms with E-state index in [1.54, 1.807) is 19.1 Å². The number of thiol groups is 1. The van der Waals surface area contributed by atoms with E-state index in [-0.39, 0.29) is 5.56 Å². The van der Waals surface area contributed by atoms with E-state index >= 15 is 0 Å². The highest BCUT2D eigenvalue weighted by Gasteiger charge is 2.31. The van der Waals surface area contributed by atoms with E-state index in [1.165, 1.54) is 6.07 Å². The van der Waals surface area contributed by atoms with Gasteiger partial charge in [-0.15, -0.1) is 12.6 Å². The van der Waals surface area contributed by atoms with Crippen molar-refractivity contribution >= 4 is 18.5 Å². The van der Waals surface area contributed by atoms with Crippen LogP contribution in [0.5, 0.6) is 0 Å². The summed E-state index contributed by atoms with van der Waals surface area (Å²) in [6.07, 6.45) is -4.39. The van der Waals surface area contributed by atoms with Crippen molar-refractivity contribution in [3.05, 3.63) is 29.3 Å². The molecular formula is C11H12F3NOS. The molecule has 0 spiro atoms. The van der Waals surface area contributed by atoms with Crippen LogP contribution in [0.25, 0.3) is 0 Å². The molecule has 2 nitrogen and oxygen atoms in total. The van der Waals surface area contributed by atoms with Gasteiger partial charge in [0.2, 0.25) is 0 Å². The number of hydrogen-bond acceptors (Lipinski definition) is 2. The van der Waals surface area contributed by atoms with Gasteiger partial charge in [-0.1, -0.05) is 0 Å². The summed E-state index contributed by atoms with van der Waals surface area (Å²) in [6, 6.07) is 4.69. The average molecular weight is 263 g/mol. The number of amides is 1. The van der Waals surface area contributed by atoms with Crippen LogP contribution in [0, 0.1) is 6.92 Å². The molecule has 0 saturated heterocycles. The van der Waals surface area contributed by atoms with E-state index < -0.39 is 18.6 Å². The van der Waals surface area contributed by atoms with Crippen LogP contribution in [0.1, 0.15) is 15.9 Å². The number of aryl methyl sites for hydroxylation is 1. The maximum absolute atomic E-state index is 12.1. The second kappa shape index (κ2) is 5.00. The summed E-state index contributed by atoms with van der Waals surface area (Å²) in [6.45, 7) is 0.405. The minimum absolute atomic E-state index is 0.259. The monoisotopic (exact) mass is 263 g/mol. The number of rotatable bonds is 2. The van der Waals surface area contributed by atoms with Gasteiger partial charge in [0.15, 0.2) is 0 Å². The lowest BCUT2D eigenvalue weighted by molar-refractivity contribution is -0.138. The predicted octanol–water partition coefficient (Wildman–Crippen LogP) is 2.92. The van der Waals surface area contributed by atoms with Crippen molar-refractivity contribution in [2.45, 2.75) is 18.0 Å². The quantitative estimate of drug-likeness (QED) is 0.813. The summed E-state index contributed by atoms with van der Waals surface area (Å²) in [5.74, 6) is -0.645. The summed E-state index contributed by atoms with van der Waals surface area (Å²) in [4.78, 5) is 13.1. The molecule has 0 saturated carbocycles. The molecule has 0 heterocycles. The zero-order chi connectivity index (χ0) is 13.2. The van der Waals surface area contributed by atoms with Gasteiger partial charge in [-0.2, -0.15) is 13.2 Å². The van der Waals surface area contributed by atoms with Crippen LogP contribution < -0.4 is 0 Å². The summed E-state index contributed by atoms with van der Waals surface area (Å²) in [7, 11) is 1.13. The zero-order valence-electron chi connectivity index (χ0n) is 9.38. The van der Waals surface area contributed by atoms with Crippen molar-refractivity contribution < 1.29 is 18.0 Å². The molecule has 0 aliphatic carbocycles. The fourth-order valence-electron chi connectivity index (χ4n) is 1.43. The number of benzene rings is 1. The number of hydrogen-bond donors (Lipinski definition) is 1. The Kier molecular flexibility index (Phi) is 4.08. The van der Waals surface area contributed by atoms with E-state index in [1.807, 2.05) is 0 Å². The van der Waals surface area contributed by atoms with Crippen LogP contribution in [0.15, 0.2) is 23.1 Å². The molecule has 0 atom stereocenters. The third kappa shape index (κ3) is 3.96. The van der Waals surface area contributed by atoms with Gasteiger partial charge < -0.3 is 4.90 Å². The normalized spacial score (nSPS) is 11.4. The molecule has 1 aromatic rings. The molecule has 1 aromatic carbocycles. The number of nitrogens with zero attached hydrogens (tertiary/aromatic N) is 1. The fourth-order valence-corrected chi connectivity index (χ4v) is 1.70. The molecule has 0 radical (unpaired) electrons. The Hall–Kier alpha value is -1.17. The Morgan fingerprint density at radius 2 is 2.00 bits per heavy atom. The highest BCUT2D eigenvalue weighted by Crippen LogP contribution is 2.19. The highest BCUT2D eigenvalue weighted by molar-refractivity contribution is 7.80. The van der Waals surface area contributed by atoms with Crippen LogP contribution in [0.4, 0.5) is 13.2 Å². The van der Waals surface area contributed by atoms with Gasteiger partial charge in [0.1, 0.15) is 6.54 Å². The molecule has 1 rings (SSSR count). The smallest absolute Gasteiger partial charge is 0.333 e. The minimum Gasteiger partial charge on any atom is -0.333 e. The molecule has 0 bridgehead atoms. The highest BCUT2D eigenvalue weighted by atomic mass is 32.1. The molecule has 0 unspecified atom stereocenters. The molecule has 0 aromatic heterocycles. The zero-order valence-corrected chi connectivity index (χ0v) is 10.3. The lowest BCUT2D eigenvalue weighted by atomic mass is 10.1. The number of alkyl halides is 3. The van der Waals surface area contributed by atoms with E-state index in [0.29, 0.717) is 15.4 Å². The van der Waals surface area contributed by atoms with Crippen LogP contribution >= 0.6 is 12.6 Å². The topological polar surface area (TPSA) is 20.3 Å². The Morgan fingerprint density at radius 3 is 2.47 bits per heavy atom. The molecule has 1 amide bonds. The molecule has 94 valence electrons. The maximum atomic E-state index is 12.1. The Morgan fingerprint density at radius 1 is 1.41 bits per heavy atom. The summed E-state index contributed by atoms with van der Waals surface area (Å²) >= 11 is 4.09. The van der Waals surface area contributed by atoms with Crippen molar-refractivity contribution in [3.63, 3.8) is 0 Å². The predicted molar refractivity (Wildman–Crippen MR) is 61.4 cm³/mol. The number of carbonyl (C=O) groups excluding carboxylic acids is 1. The summed E-state index contributed by atoms with van der Waals surface area (Å²) in [5.41, 5.74) is 0.867. The SMILES string of the molecule is Cc1cc(S)ccc1C(=O)N(C)CC(F)(F)F. The average Bonchev–Trinajstić information content (AvgIpc) is 2.14. The van der Waals surface area contributed by atoms with Crippen molar-refractivity contribution in [1.82, 2.24) is 4.90 Å². The third-order valence-corrected chi connectivity index (χ3v) is 2.48. The van der Waals surface area contributed by atoms with E-state index in [0.717, 1.165) is 7.05 Å². The van der Waals surface area contributed by atoms with Crippen LogP contribution in [0.2, 0.25) is 0 Å². The first-order valence-corrected chi connectivity index (χ1v) is 5.27. The first kappa shape index (κ1) is 13.9. The minimum atomic E-state index is -4.39. The molecule has 0 aliphatic heterocycles. The second-order valence-corrected chi connectivity index (χ2v) is 4.29.